The lowest BCUT2D eigenvalue weighted by molar-refractivity contribution is 0.307. The largest absolute Gasteiger partial charge is 0.487 e. The van der Waals surface area contributed by atoms with E-state index in [-0.39, 0.29) is 5.41 Å². The number of nitrogens with zero attached hydrogens (tertiary/aromatic N) is 1. The summed E-state index contributed by atoms with van der Waals surface area (Å²) in [5.74, 6) is 0.923. The maximum absolute atomic E-state index is 6.10. The third kappa shape index (κ3) is 2.29. The Morgan fingerprint density at radius 3 is 2.45 bits per heavy atom. The molecule has 114 valence electrons. The van der Waals surface area contributed by atoms with Gasteiger partial charge in [-0.25, -0.2) is 0 Å². The molecule has 0 N–H and O–H groups in total. The number of hydrogen-bond acceptors (Lipinski definition) is 2. The Morgan fingerprint density at radius 1 is 1.09 bits per heavy atom. The first kappa shape index (κ1) is 14.7. The summed E-state index contributed by atoms with van der Waals surface area (Å²) < 4.78 is 6.10. The predicted molar refractivity (Wildman–Crippen MR) is 92.5 cm³/mol. The molecule has 0 aliphatic carbocycles. The fourth-order valence-electron chi connectivity index (χ4n) is 3.04. The molecule has 0 fully saturated rings. The van der Waals surface area contributed by atoms with E-state index in [1.54, 1.807) is 0 Å². The number of likely N-dealkylation sites (N-methyl/N-ethyl adjacent to an activating group) is 1. The maximum Gasteiger partial charge on any atom is 0.143 e. The maximum atomic E-state index is 6.10. The van der Waals surface area contributed by atoms with Crippen LogP contribution in [0.4, 0.5) is 5.69 Å². The minimum atomic E-state index is -0.0483. The Hall–Kier alpha value is -2.22. The molecule has 2 aromatic carbocycles. The van der Waals surface area contributed by atoms with Crippen LogP contribution in [0.3, 0.4) is 0 Å². The molecular weight excluding hydrogens is 270 g/mol. The van der Waals surface area contributed by atoms with Crippen LogP contribution in [0.25, 0.3) is 0 Å². The summed E-state index contributed by atoms with van der Waals surface area (Å²) >= 11 is 0. The Kier molecular flexibility index (Phi) is 3.48. The zero-order chi connectivity index (χ0) is 15.9. The van der Waals surface area contributed by atoms with E-state index in [1.165, 1.54) is 16.7 Å². The smallest absolute Gasteiger partial charge is 0.143 e. The number of ether oxygens (including phenoxy) is 1. The average Bonchev–Trinajstić information content (AvgIpc) is 2.68. The molecule has 2 nitrogen and oxygen atoms in total. The molecule has 0 unspecified atom stereocenters. The molecule has 3 rings (SSSR count). The number of anilines is 1. The quantitative estimate of drug-likeness (QED) is 0.805. The Labute approximate surface area is 133 Å². The lowest BCUT2D eigenvalue weighted by Crippen LogP contribution is -2.21. The molecule has 0 radical (unpaired) electrons. The number of aryl methyl sites for hydroxylation is 1. The topological polar surface area (TPSA) is 12.5 Å². The van der Waals surface area contributed by atoms with Gasteiger partial charge >= 0.3 is 0 Å². The van der Waals surface area contributed by atoms with Crippen molar-refractivity contribution in [2.75, 3.05) is 11.9 Å². The van der Waals surface area contributed by atoms with Crippen LogP contribution in [0, 0.1) is 6.92 Å². The lowest BCUT2D eigenvalue weighted by atomic mass is 9.84. The third-order valence-corrected chi connectivity index (χ3v) is 4.65. The SMILES string of the molecule is C=C1N(C)c2c(OCc3ccc(C)cc3)cccc2C1(C)C. The van der Waals surface area contributed by atoms with Crippen molar-refractivity contribution in [2.45, 2.75) is 32.8 Å². The molecule has 1 aliphatic heterocycles. The van der Waals surface area contributed by atoms with Gasteiger partial charge < -0.3 is 9.64 Å². The summed E-state index contributed by atoms with van der Waals surface area (Å²) in [5.41, 5.74) is 5.93. The van der Waals surface area contributed by atoms with Crippen molar-refractivity contribution in [3.63, 3.8) is 0 Å². The average molecular weight is 293 g/mol. The summed E-state index contributed by atoms with van der Waals surface area (Å²) in [6.45, 7) is 11.3. The number of benzene rings is 2. The molecule has 2 heteroatoms. The predicted octanol–water partition coefficient (Wildman–Crippen LogP) is 4.82. The molecule has 1 aliphatic rings. The molecule has 2 aromatic rings. The zero-order valence-electron chi connectivity index (χ0n) is 13.8. The Balaban J connectivity index is 1.89. The van der Waals surface area contributed by atoms with Crippen LogP contribution in [-0.4, -0.2) is 7.05 Å². The van der Waals surface area contributed by atoms with E-state index in [9.17, 15) is 0 Å². The van der Waals surface area contributed by atoms with Crippen molar-refractivity contribution >= 4 is 5.69 Å². The van der Waals surface area contributed by atoms with Gasteiger partial charge in [0, 0.05) is 18.2 Å². The van der Waals surface area contributed by atoms with E-state index in [0.29, 0.717) is 6.61 Å². The number of para-hydroxylation sites is 1. The second-order valence-electron chi connectivity index (χ2n) is 6.56. The van der Waals surface area contributed by atoms with Gasteiger partial charge in [-0.1, -0.05) is 62.4 Å². The van der Waals surface area contributed by atoms with E-state index in [1.807, 2.05) is 6.07 Å². The van der Waals surface area contributed by atoms with Crippen molar-refractivity contribution in [3.05, 3.63) is 71.4 Å². The van der Waals surface area contributed by atoms with Gasteiger partial charge in [-0.3, -0.25) is 0 Å². The highest BCUT2D eigenvalue weighted by molar-refractivity contribution is 5.75. The number of rotatable bonds is 3. The van der Waals surface area contributed by atoms with Crippen LogP contribution < -0.4 is 9.64 Å². The Morgan fingerprint density at radius 2 is 1.77 bits per heavy atom. The molecule has 0 spiro atoms. The minimum absolute atomic E-state index is 0.0483. The minimum Gasteiger partial charge on any atom is -0.487 e. The van der Waals surface area contributed by atoms with E-state index in [2.05, 4.69) is 75.7 Å². The number of hydrogen-bond donors (Lipinski definition) is 0. The monoisotopic (exact) mass is 293 g/mol. The van der Waals surface area contributed by atoms with Crippen molar-refractivity contribution in [3.8, 4) is 5.75 Å². The van der Waals surface area contributed by atoms with Gasteiger partial charge in [0.05, 0.1) is 5.69 Å². The molecular formula is C20H23NO. The van der Waals surface area contributed by atoms with Crippen LogP contribution in [-0.2, 0) is 12.0 Å². The standard InChI is InChI=1S/C20H23NO/c1-14-9-11-16(12-10-14)13-22-18-8-6-7-17-19(18)21(5)15(2)20(17,3)4/h6-12H,2,13H2,1,3-5H3. The van der Waals surface area contributed by atoms with Crippen molar-refractivity contribution in [1.29, 1.82) is 0 Å². The molecule has 22 heavy (non-hydrogen) atoms. The van der Waals surface area contributed by atoms with Gasteiger partial charge in [0.1, 0.15) is 12.4 Å². The van der Waals surface area contributed by atoms with Crippen LogP contribution >= 0.6 is 0 Å². The van der Waals surface area contributed by atoms with Gasteiger partial charge in [0.2, 0.25) is 0 Å². The van der Waals surface area contributed by atoms with Gasteiger partial charge in [0.25, 0.3) is 0 Å². The summed E-state index contributed by atoms with van der Waals surface area (Å²) in [6.07, 6.45) is 0. The van der Waals surface area contributed by atoms with Crippen LogP contribution in [0.5, 0.6) is 5.75 Å². The highest BCUT2D eigenvalue weighted by atomic mass is 16.5. The fourth-order valence-corrected chi connectivity index (χ4v) is 3.04. The lowest BCUT2D eigenvalue weighted by Gasteiger charge is -2.22. The van der Waals surface area contributed by atoms with E-state index >= 15 is 0 Å². The number of fused-ring (bicyclic) bond motifs is 1. The first-order valence-electron chi connectivity index (χ1n) is 7.66. The first-order valence-corrected chi connectivity index (χ1v) is 7.66. The van der Waals surface area contributed by atoms with E-state index in [4.69, 9.17) is 4.74 Å². The summed E-state index contributed by atoms with van der Waals surface area (Å²) in [7, 11) is 2.06. The zero-order valence-corrected chi connectivity index (χ0v) is 13.8. The molecule has 0 saturated carbocycles. The second-order valence-corrected chi connectivity index (χ2v) is 6.56. The highest BCUT2D eigenvalue weighted by Crippen LogP contribution is 2.50. The normalized spacial score (nSPS) is 15.8. The van der Waals surface area contributed by atoms with Crippen molar-refractivity contribution in [1.82, 2.24) is 0 Å². The summed E-state index contributed by atoms with van der Waals surface area (Å²) in [6, 6.07) is 14.7. The molecule has 0 atom stereocenters. The van der Waals surface area contributed by atoms with Crippen LogP contribution in [0.2, 0.25) is 0 Å². The van der Waals surface area contributed by atoms with Gasteiger partial charge in [-0.2, -0.15) is 0 Å². The number of allylic oxidation sites excluding steroid dienone is 1. The van der Waals surface area contributed by atoms with E-state index in [0.717, 1.165) is 17.1 Å². The molecule has 0 saturated heterocycles. The third-order valence-electron chi connectivity index (χ3n) is 4.65. The van der Waals surface area contributed by atoms with Crippen molar-refractivity contribution in [2.24, 2.45) is 0 Å². The molecule has 0 amide bonds. The van der Waals surface area contributed by atoms with Crippen LogP contribution in [0.15, 0.2) is 54.7 Å². The second kappa shape index (κ2) is 5.20. The van der Waals surface area contributed by atoms with Gasteiger partial charge in [-0.15, -0.1) is 0 Å². The Bertz CT molecular complexity index is 713. The van der Waals surface area contributed by atoms with E-state index < -0.39 is 0 Å². The van der Waals surface area contributed by atoms with Gasteiger partial charge in [-0.05, 0) is 24.1 Å². The summed E-state index contributed by atoms with van der Waals surface area (Å²) in [5, 5.41) is 0. The molecule has 0 bridgehead atoms. The van der Waals surface area contributed by atoms with Crippen molar-refractivity contribution < 1.29 is 4.74 Å². The fraction of sp³-hybridized carbons (Fsp3) is 0.300. The van der Waals surface area contributed by atoms with Crippen LogP contribution in [0.1, 0.15) is 30.5 Å². The highest BCUT2D eigenvalue weighted by Gasteiger charge is 2.38. The molecule has 0 aromatic heterocycles. The van der Waals surface area contributed by atoms with Gasteiger partial charge in [0.15, 0.2) is 0 Å². The molecule has 1 heterocycles. The first-order chi connectivity index (χ1) is 10.4. The summed E-state index contributed by atoms with van der Waals surface area (Å²) in [4.78, 5) is 2.15.